The summed E-state index contributed by atoms with van der Waals surface area (Å²) in [6.07, 6.45) is -0.315. The van der Waals surface area contributed by atoms with Crippen LogP contribution < -0.4 is 27.7 Å². The van der Waals surface area contributed by atoms with Crippen LogP contribution in [0, 0.1) is 5.92 Å². The van der Waals surface area contributed by atoms with Crippen molar-refractivity contribution in [1.82, 2.24) is 0 Å². The zero-order valence-corrected chi connectivity index (χ0v) is 19.7. The Bertz CT molecular complexity index is 843. The van der Waals surface area contributed by atoms with Crippen LogP contribution in [0.5, 0.6) is 5.75 Å². The predicted octanol–water partition coefficient (Wildman–Crippen LogP) is -1.18. The second-order valence-corrected chi connectivity index (χ2v) is 7.65. The number of aliphatic carboxylic acids is 4. The first-order chi connectivity index (χ1) is 16.0. The summed E-state index contributed by atoms with van der Waals surface area (Å²) >= 11 is 0. The van der Waals surface area contributed by atoms with Gasteiger partial charge in [0.25, 0.3) is 0 Å². The van der Waals surface area contributed by atoms with Crippen molar-refractivity contribution in [1.29, 1.82) is 0 Å². The van der Waals surface area contributed by atoms with E-state index in [4.69, 9.17) is 48.1 Å². The molecule has 0 radical (unpaired) electrons. The fraction of sp³-hybridized carbons (Fsp3) is 0.476. The number of esters is 1. The molecule has 35 heavy (non-hydrogen) atoms. The van der Waals surface area contributed by atoms with Gasteiger partial charge in [0.05, 0.1) is 6.42 Å². The Morgan fingerprint density at radius 3 is 1.49 bits per heavy atom. The second kappa shape index (κ2) is 16.9. The molecule has 0 unspecified atom stereocenters. The lowest BCUT2D eigenvalue weighted by molar-refractivity contribution is -0.144. The van der Waals surface area contributed by atoms with Gasteiger partial charge in [-0.2, -0.15) is 0 Å². The molecule has 0 bridgehead atoms. The Labute approximate surface area is 201 Å². The van der Waals surface area contributed by atoms with Gasteiger partial charge in [0.1, 0.15) is 29.9 Å². The fourth-order valence-electron chi connectivity index (χ4n) is 1.77. The Hall–Kier alpha value is -3.59. The minimum atomic E-state index is -1.29. The zero-order chi connectivity index (χ0) is 27.9. The van der Waals surface area contributed by atoms with Crippen molar-refractivity contribution in [3.8, 4) is 5.75 Å². The SMILES string of the molecule is CC(C)[C@H](N)C(=O)Oc1ccc(C[C@H](N)C(=O)O)cc1.C[C@H](N)C(=O)O.N[C@@H](CC(=O)O)C(=O)O. The van der Waals surface area contributed by atoms with Crippen molar-refractivity contribution in [2.45, 2.75) is 57.8 Å². The van der Waals surface area contributed by atoms with Crippen LogP contribution in [0.2, 0.25) is 0 Å². The van der Waals surface area contributed by atoms with Crippen molar-refractivity contribution in [2.75, 3.05) is 0 Å². The standard InChI is InChI=1S/C14H20N2O4.C4H7NO4.C3H7NO2/c1-8(2)12(16)14(19)20-10-5-3-9(4-6-10)7-11(15)13(17)18;5-2(4(8)9)1-3(6)7;1-2(4)3(5)6/h3-6,8,11-12H,7,15-16H2,1-2H3,(H,17,18);2H,1,5H2,(H,6,7)(H,8,9);2H,4H2,1H3,(H,5,6)/t11-,12-;2*2-/m000/s1. The van der Waals surface area contributed by atoms with E-state index in [-0.39, 0.29) is 12.3 Å². The van der Waals surface area contributed by atoms with Gasteiger partial charge in [0.15, 0.2) is 0 Å². The summed E-state index contributed by atoms with van der Waals surface area (Å²) in [4.78, 5) is 51.5. The summed E-state index contributed by atoms with van der Waals surface area (Å²) in [5.41, 5.74) is 21.5. The van der Waals surface area contributed by atoms with Crippen LogP contribution in [-0.4, -0.2) is 74.4 Å². The van der Waals surface area contributed by atoms with E-state index in [0.717, 1.165) is 5.56 Å². The molecule has 1 rings (SSSR count). The van der Waals surface area contributed by atoms with Crippen LogP contribution in [0.4, 0.5) is 0 Å². The van der Waals surface area contributed by atoms with Crippen LogP contribution in [0.3, 0.4) is 0 Å². The van der Waals surface area contributed by atoms with Gasteiger partial charge in [0, 0.05) is 0 Å². The van der Waals surface area contributed by atoms with Crippen molar-refractivity contribution >= 4 is 29.8 Å². The summed E-state index contributed by atoms with van der Waals surface area (Å²) in [6, 6.07) is 2.89. The van der Waals surface area contributed by atoms with Gasteiger partial charge in [-0.25, -0.2) is 4.79 Å². The van der Waals surface area contributed by atoms with Crippen LogP contribution in [-0.2, 0) is 30.4 Å². The van der Waals surface area contributed by atoms with E-state index >= 15 is 0 Å². The van der Waals surface area contributed by atoms with E-state index in [9.17, 15) is 24.0 Å². The highest BCUT2D eigenvalue weighted by atomic mass is 16.5. The van der Waals surface area contributed by atoms with Gasteiger partial charge in [-0.1, -0.05) is 26.0 Å². The maximum Gasteiger partial charge on any atom is 0.328 e. The van der Waals surface area contributed by atoms with E-state index in [1.165, 1.54) is 6.92 Å². The van der Waals surface area contributed by atoms with Gasteiger partial charge in [-0.3, -0.25) is 19.2 Å². The number of nitrogens with two attached hydrogens (primary N) is 4. The summed E-state index contributed by atoms with van der Waals surface area (Å²) in [5, 5.41) is 32.6. The second-order valence-electron chi connectivity index (χ2n) is 7.65. The number of carbonyl (C=O) groups is 5. The molecule has 0 aliphatic carbocycles. The largest absolute Gasteiger partial charge is 0.481 e. The van der Waals surface area contributed by atoms with E-state index in [1.54, 1.807) is 24.3 Å². The molecular formula is C21H34N4O10. The van der Waals surface area contributed by atoms with Gasteiger partial charge in [0.2, 0.25) is 0 Å². The molecule has 0 saturated carbocycles. The van der Waals surface area contributed by atoms with E-state index in [1.807, 2.05) is 13.8 Å². The molecule has 0 saturated heterocycles. The quantitative estimate of drug-likeness (QED) is 0.138. The van der Waals surface area contributed by atoms with Gasteiger partial charge in [-0.15, -0.1) is 0 Å². The molecule has 0 amide bonds. The third-order valence-corrected chi connectivity index (χ3v) is 4.01. The third-order valence-electron chi connectivity index (χ3n) is 4.01. The predicted molar refractivity (Wildman–Crippen MR) is 123 cm³/mol. The fourth-order valence-corrected chi connectivity index (χ4v) is 1.77. The summed E-state index contributed by atoms with van der Waals surface area (Å²) < 4.78 is 5.13. The van der Waals surface area contributed by atoms with E-state index in [2.05, 4.69) is 0 Å². The molecule has 0 aliphatic heterocycles. The first-order valence-electron chi connectivity index (χ1n) is 10.2. The first-order valence-corrected chi connectivity index (χ1v) is 10.2. The number of hydrogen-bond donors (Lipinski definition) is 8. The monoisotopic (exact) mass is 502 g/mol. The highest BCUT2D eigenvalue weighted by Gasteiger charge is 2.19. The number of rotatable bonds is 10. The average Bonchev–Trinajstić information content (AvgIpc) is 2.74. The lowest BCUT2D eigenvalue weighted by Crippen LogP contribution is -2.38. The van der Waals surface area contributed by atoms with Crippen LogP contribution in [0.15, 0.2) is 24.3 Å². The third kappa shape index (κ3) is 16.6. The minimum Gasteiger partial charge on any atom is -0.481 e. The summed E-state index contributed by atoms with van der Waals surface area (Å²) in [5.74, 6) is -4.63. The maximum atomic E-state index is 11.7. The molecule has 0 fully saturated rings. The molecular weight excluding hydrogens is 468 g/mol. The van der Waals surface area contributed by atoms with Crippen molar-refractivity contribution in [2.24, 2.45) is 28.9 Å². The normalized spacial score (nSPS) is 13.5. The number of carbonyl (C=O) groups excluding carboxylic acids is 1. The van der Waals surface area contributed by atoms with Gasteiger partial charge in [-0.05, 0) is 37.0 Å². The maximum absolute atomic E-state index is 11.7. The van der Waals surface area contributed by atoms with Crippen molar-refractivity contribution < 1.29 is 49.1 Å². The Balaban J connectivity index is 0. The highest BCUT2D eigenvalue weighted by molar-refractivity contribution is 5.80. The molecule has 14 nitrogen and oxygen atoms in total. The number of carboxylic acids is 4. The smallest absolute Gasteiger partial charge is 0.328 e. The minimum absolute atomic E-state index is 0.00432. The molecule has 14 heteroatoms. The number of ether oxygens (including phenoxy) is 1. The molecule has 198 valence electrons. The molecule has 1 aromatic rings. The van der Waals surface area contributed by atoms with Crippen LogP contribution >= 0.6 is 0 Å². The number of carboxylic acid groups (broad SMARTS) is 4. The Morgan fingerprint density at radius 2 is 1.20 bits per heavy atom. The highest BCUT2D eigenvalue weighted by Crippen LogP contribution is 2.15. The number of benzene rings is 1. The molecule has 0 aromatic heterocycles. The lowest BCUT2D eigenvalue weighted by Gasteiger charge is -2.14. The number of hydrogen-bond acceptors (Lipinski definition) is 10. The van der Waals surface area contributed by atoms with Crippen LogP contribution in [0.25, 0.3) is 0 Å². The molecule has 0 spiro atoms. The lowest BCUT2D eigenvalue weighted by atomic mass is 10.1. The Kier molecular flexibility index (Phi) is 16.2. The summed E-state index contributed by atoms with van der Waals surface area (Å²) in [6.45, 7) is 5.09. The zero-order valence-electron chi connectivity index (χ0n) is 19.7. The molecule has 1 aromatic carbocycles. The van der Waals surface area contributed by atoms with Crippen molar-refractivity contribution in [3.05, 3.63) is 29.8 Å². The molecule has 4 atom stereocenters. The van der Waals surface area contributed by atoms with Crippen LogP contribution in [0.1, 0.15) is 32.8 Å². The van der Waals surface area contributed by atoms with Gasteiger partial charge >= 0.3 is 29.8 Å². The van der Waals surface area contributed by atoms with E-state index < -0.39 is 60.4 Å². The molecule has 0 aliphatic rings. The Morgan fingerprint density at radius 1 is 0.771 bits per heavy atom. The first kappa shape index (κ1) is 33.6. The molecule has 12 N–H and O–H groups in total. The molecule has 0 heterocycles. The van der Waals surface area contributed by atoms with Crippen molar-refractivity contribution in [3.63, 3.8) is 0 Å². The topological polar surface area (TPSA) is 280 Å². The average molecular weight is 503 g/mol. The van der Waals surface area contributed by atoms with E-state index in [0.29, 0.717) is 5.75 Å². The summed E-state index contributed by atoms with van der Waals surface area (Å²) in [7, 11) is 0. The van der Waals surface area contributed by atoms with Gasteiger partial charge < -0.3 is 48.1 Å².